The van der Waals surface area contributed by atoms with Crippen LogP contribution in [0.1, 0.15) is 26.2 Å². The molecule has 0 saturated carbocycles. The van der Waals surface area contributed by atoms with Crippen LogP contribution in [-0.4, -0.2) is 20.3 Å². The number of hydrogen-bond acceptors (Lipinski definition) is 4. The fraction of sp³-hybridized carbons (Fsp3) is 0.833. The molecule has 0 rings (SSSR count). The molecule has 0 spiro atoms. The average Bonchev–Trinajstić information content (AvgIpc) is 1.78. The van der Waals surface area contributed by atoms with Gasteiger partial charge in [0, 0.05) is 12.2 Å². The van der Waals surface area contributed by atoms with Crippen molar-refractivity contribution in [3.05, 3.63) is 0 Å². The average molecular weight is 218 g/mol. The molecule has 0 aliphatic rings. The van der Waals surface area contributed by atoms with Gasteiger partial charge < -0.3 is 9.35 Å². The van der Waals surface area contributed by atoms with E-state index >= 15 is 0 Å². The summed E-state index contributed by atoms with van der Waals surface area (Å²) in [5.41, 5.74) is 0. The number of ketones is 1. The zero-order valence-corrected chi connectivity index (χ0v) is 11.0. The number of Topliss-reactive ketones (excluding diaryl/α,β-unsaturated/α-hetero) is 1. The van der Waals surface area contributed by atoms with Crippen molar-refractivity contribution in [3.8, 4) is 0 Å². The molecule has 0 aromatic carbocycles. The molecule has 0 heterocycles. The van der Waals surface area contributed by atoms with Gasteiger partial charge in [-0.1, -0.05) is 0 Å². The van der Waals surface area contributed by atoms with Gasteiger partial charge in [0.25, 0.3) is 0 Å². The smallest absolute Gasteiger partial charge is 0.769 e. The van der Waals surface area contributed by atoms with Crippen LogP contribution in [0.2, 0.25) is 0 Å². The van der Waals surface area contributed by atoms with E-state index in [1.807, 2.05) is 0 Å². The third-order valence-electron chi connectivity index (χ3n) is 1.17. The van der Waals surface area contributed by atoms with Crippen molar-refractivity contribution in [1.29, 1.82) is 0 Å². The zero-order valence-electron chi connectivity index (χ0n) is 7.37. The summed E-state index contributed by atoms with van der Waals surface area (Å²) in [6.07, 6.45) is 1.56. The van der Waals surface area contributed by atoms with Gasteiger partial charge in [-0.15, -0.1) is 0 Å². The van der Waals surface area contributed by atoms with E-state index in [1.54, 1.807) is 0 Å². The van der Waals surface area contributed by atoms with Gasteiger partial charge in [-0.3, -0.25) is 4.21 Å². The van der Waals surface area contributed by atoms with E-state index in [2.05, 4.69) is 11.2 Å². The van der Waals surface area contributed by atoms with Crippen LogP contribution in [0.3, 0.4) is 0 Å². The van der Waals surface area contributed by atoms with E-state index in [4.69, 9.17) is 0 Å². The fourth-order valence-corrected chi connectivity index (χ4v) is 1.56. The van der Waals surface area contributed by atoms with Crippen molar-refractivity contribution in [3.63, 3.8) is 0 Å². The van der Waals surface area contributed by atoms with Crippen LogP contribution < -0.4 is 29.6 Å². The van der Waals surface area contributed by atoms with Gasteiger partial charge in [-0.2, -0.15) is 0 Å². The Bertz CT molecular complexity index is 223. The molecule has 0 aliphatic heterocycles. The maximum Gasteiger partial charge on any atom is 1.00 e. The van der Waals surface area contributed by atoms with E-state index < -0.39 is 8.77 Å². The van der Waals surface area contributed by atoms with Crippen LogP contribution in [0.25, 0.3) is 0 Å². The molecular weight excluding hydrogens is 207 g/mol. The first-order valence-electron chi connectivity index (χ1n) is 3.35. The van der Waals surface area contributed by atoms with Gasteiger partial charge in [0.2, 0.25) is 0 Å². The SMILES string of the molecule is CC(=O)CCCCS(=O)([O-])=S.[Na+]. The predicted molar refractivity (Wildman–Crippen MR) is 45.7 cm³/mol. The van der Waals surface area contributed by atoms with Crippen LogP contribution in [0, 0.1) is 0 Å². The molecule has 0 N–H and O–H groups in total. The molecule has 0 aromatic heterocycles. The van der Waals surface area contributed by atoms with Crippen LogP contribution in [0.15, 0.2) is 0 Å². The van der Waals surface area contributed by atoms with E-state index in [9.17, 15) is 13.6 Å². The summed E-state index contributed by atoms with van der Waals surface area (Å²) in [6, 6.07) is 0. The molecule has 0 aliphatic carbocycles. The Kier molecular flexibility index (Phi) is 9.55. The predicted octanol–water partition coefficient (Wildman–Crippen LogP) is -2.37. The molecule has 66 valence electrons. The minimum absolute atomic E-state index is 0. The Morgan fingerprint density at radius 2 is 2.00 bits per heavy atom. The van der Waals surface area contributed by atoms with Crippen LogP contribution in [0.4, 0.5) is 0 Å². The summed E-state index contributed by atoms with van der Waals surface area (Å²) < 4.78 is 20.8. The third kappa shape index (κ3) is 13.6. The summed E-state index contributed by atoms with van der Waals surface area (Å²) in [5.74, 6) is 0.0991. The van der Waals surface area contributed by atoms with Gasteiger partial charge in [0.05, 0.1) is 0 Å². The van der Waals surface area contributed by atoms with Crippen molar-refractivity contribution < 1.29 is 43.1 Å². The van der Waals surface area contributed by atoms with Gasteiger partial charge in [0.1, 0.15) is 5.78 Å². The summed E-state index contributed by atoms with van der Waals surface area (Å²) in [7, 11) is -3.25. The second kappa shape index (κ2) is 7.41. The molecule has 0 bridgehead atoms. The third-order valence-corrected chi connectivity index (χ3v) is 2.46. The van der Waals surface area contributed by atoms with E-state index in [-0.39, 0.29) is 41.1 Å². The second-order valence-electron chi connectivity index (χ2n) is 2.42. The quantitative estimate of drug-likeness (QED) is 0.382. The van der Waals surface area contributed by atoms with Crippen molar-refractivity contribution in [2.75, 3.05) is 5.75 Å². The number of carbonyl (C=O) groups is 1. The van der Waals surface area contributed by atoms with Crippen molar-refractivity contribution >= 4 is 25.7 Å². The summed E-state index contributed by atoms with van der Waals surface area (Å²) in [6.45, 7) is 1.49. The van der Waals surface area contributed by atoms with Crippen molar-refractivity contribution in [1.82, 2.24) is 0 Å². The first kappa shape index (κ1) is 15.5. The van der Waals surface area contributed by atoms with Crippen LogP contribution in [0.5, 0.6) is 0 Å². The molecule has 3 nitrogen and oxygen atoms in total. The minimum atomic E-state index is -3.25. The fourth-order valence-electron chi connectivity index (χ4n) is 0.653. The Balaban J connectivity index is 0. The van der Waals surface area contributed by atoms with Gasteiger partial charge >= 0.3 is 29.6 Å². The maximum absolute atomic E-state index is 10.4. The molecule has 0 saturated heterocycles. The van der Waals surface area contributed by atoms with Gasteiger partial charge in [0.15, 0.2) is 0 Å². The van der Waals surface area contributed by atoms with Crippen LogP contribution >= 0.6 is 0 Å². The number of carbonyl (C=O) groups excluding carboxylic acids is 1. The molecule has 1 unspecified atom stereocenters. The summed E-state index contributed by atoms with van der Waals surface area (Å²) in [4.78, 5) is 10.4. The van der Waals surface area contributed by atoms with Gasteiger partial charge in [-0.05, 0) is 39.7 Å². The number of hydrogen-bond donors (Lipinski definition) is 0. The Labute approximate surface area is 100 Å². The van der Waals surface area contributed by atoms with Gasteiger partial charge in [-0.25, -0.2) is 0 Å². The Morgan fingerprint density at radius 1 is 1.50 bits per heavy atom. The Hall–Kier alpha value is 1.00. The normalized spacial score (nSPS) is 14.5. The molecule has 0 aromatic rings. The van der Waals surface area contributed by atoms with Crippen LogP contribution in [-0.2, 0) is 24.8 Å². The standard InChI is InChI=1S/C6H12O3S2.Na/c1-6(7)4-2-3-5-11(8,9)10;/h2-5H2,1H3,(H,8,9,10);/q;+1/p-1. The molecule has 0 amide bonds. The van der Waals surface area contributed by atoms with Crippen molar-refractivity contribution in [2.45, 2.75) is 26.2 Å². The molecule has 0 radical (unpaired) electrons. The van der Waals surface area contributed by atoms with Crippen molar-refractivity contribution in [2.24, 2.45) is 0 Å². The number of rotatable bonds is 5. The minimum Gasteiger partial charge on any atom is -0.769 e. The molecule has 1 atom stereocenters. The molecule has 12 heavy (non-hydrogen) atoms. The van der Waals surface area contributed by atoms with E-state index in [0.717, 1.165) is 0 Å². The monoisotopic (exact) mass is 218 g/mol. The second-order valence-corrected chi connectivity index (χ2v) is 5.47. The Morgan fingerprint density at radius 3 is 2.33 bits per heavy atom. The maximum atomic E-state index is 10.4. The number of unbranched alkanes of at least 4 members (excludes halogenated alkanes) is 1. The van der Waals surface area contributed by atoms with E-state index in [0.29, 0.717) is 19.3 Å². The molecular formula is C6H11NaO3S2. The summed E-state index contributed by atoms with van der Waals surface area (Å²) in [5, 5.41) is 0. The topological polar surface area (TPSA) is 57.2 Å². The largest absolute Gasteiger partial charge is 1.00 e. The molecule has 6 heteroatoms. The molecule has 0 fully saturated rings. The first-order valence-corrected chi connectivity index (χ1v) is 5.92. The summed E-state index contributed by atoms with van der Waals surface area (Å²) >= 11 is 4.15. The van der Waals surface area contributed by atoms with E-state index in [1.165, 1.54) is 6.92 Å². The first-order chi connectivity index (χ1) is 4.92. The zero-order chi connectivity index (χ0) is 8.91.